The summed E-state index contributed by atoms with van der Waals surface area (Å²) in [6, 6.07) is 15.4. The summed E-state index contributed by atoms with van der Waals surface area (Å²) in [4.78, 5) is 0. The highest BCUT2D eigenvalue weighted by molar-refractivity contribution is 5.71. The van der Waals surface area contributed by atoms with Gasteiger partial charge in [0.25, 0.3) is 0 Å². The molecule has 0 aromatic heterocycles. The van der Waals surface area contributed by atoms with Crippen LogP contribution in [0.1, 0.15) is 69.4 Å². The third kappa shape index (κ3) is 4.71. The molecule has 0 fully saturated rings. The molecular formula is C24H30. The maximum Gasteiger partial charge on any atom is -0.0132 e. The van der Waals surface area contributed by atoms with Crippen molar-refractivity contribution < 1.29 is 0 Å². The Kier molecular flexibility index (Phi) is 5.18. The van der Waals surface area contributed by atoms with E-state index in [4.69, 9.17) is 0 Å². The van der Waals surface area contributed by atoms with Crippen LogP contribution in [0.15, 0.2) is 49.0 Å². The minimum atomic E-state index is 0.148. The van der Waals surface area contributed by atoms with Crippen molar-refractivity contribution in [2.24, 2.45) is 0 Å². The average Bonchev–Trinajstić information content (AvgIpc) is 2.51. The fraction of sp³-hybridized carbons (Fsp3) is 0.333. The van der Waals surface area contributed by atoms with E-state index < -0.39 is 0 Å². The van der Waals surface area contributed by atoms with Crippen molar-refractivity contribution in [3.8, 4) is 0 Å². The Morgan fingerprint density at radius 3 is 1.46 bits per heavy atom. The Morgan fingerprint density at radius 2 is 1.04 bits per heavy atom. The monoisotopic (exact) mass is 318 g/mol. The Morgan fingerprint density at radius 1 is 0.625 bits per heavy atom. The van der Waals surface area contributed by atoms with Crippen LogP contribution in [0.25, 0.3) is 18.2 Å². The molecule has 0 unspecified atom stereocenters. The largest absolute Gasteiger partial charge is 0.0985 e. The van der Waals surface area contributed by atoms with Gasteiger partial charge >= 0.3 is 0 Å². The standard InChI is InChI=1S/C24H30/c1-8-18-9-11-19(12-10-18)13-14-20-15-21(23(2,3)4)17-22(16-20)24(5,6)7/h8-17H,1H2,2-7H3. The summed E-state index contributed by atoms with van der Waals surface area (Å²) >= 11 is 0. The second-order valence-corrected chi connectivity index (χ2v) is 8.55. The highest BCUT2D eigenvalue weighted by Crippen LogP contribution is 2.30. The van der Waals surface area contributed by atoms with Gasteiger partial charge in [0.05, 0.1) is 0 Å². The van der Waals surface area contributed by atoms with Gasteiger partial charge < -0.3 is 0 Å². The molecule has 126 valence electrons. The first kappa shape index (κ1) is 18.3. The second kappa shape index (κ2) is 6.81. The van der Waals surface area contributed by atoms with Gasteiger partial charge in [-0.05, 0) is 38.6 Å². The van der Waals surface area contributed by atoms with Gasteiger partial charge in [-0.3, -0.25) is 0 Å². The van der Waals surface area contributed by atoms with Crippen LogP contribution in [-0.4, -0.2) is 0 Å². The van der Waals surface area contributed by atoms with E-state index in [1.165, 1.54) is 22.3 Å². The lowest BCUT2D eigenvalue weighted by atomic mass is 9.79. The molecule has 0 aliphatic carbocycles. The van der Waals surface area contributed by atoms with E-state index in [-0.39, 0.29) is 10.8 Å². The first-order chi connectivity index (χ1) is 11.1. The van der Waals surface area contributed by atoms with Crippen LogP contribution in [0.4, 0.5) is 0 Å². The first-order valence-corrected chi connectivity index (χ1v) is 8.66. The molecule has 0 heterocycles. The Bertz CT molecular complexity index is 697. The fourth-order valence-corrected chi connectivity index (χ4v) is 2.55. The molecule has 2 rings (SSSR count). The van der Waals surface area contributed by atoms with E-state index in [0.717, 1.165) is 5.56 Å². The molecule has 0 aliphatic heterocycles. The number of benzene rings is 2. The van der Waals surface area contributed by atoms with Crippen molar-refractivity contribution in [3.05, 3.63) is 76.9 Å². The summed E-state index contributed by atoms with van der Waals surface area (Å²) in [5.74, 6) is 0. The molecule has 0 nitrogen and oxygen atoms in total. The third-order valence-corrected chi connectivity index (χ3v) is 4.33. The molecule has 0 N–H and O–H groups in total. The summed E-state index contributed by atoms with van der Waals surface area (Å²) in [5, 5.41) is 0. The van der Waals surface area contributed by atoms with Crippen LogP contribution in [0.3, 0.4) is 0 Å². The predicted octanol–water partition coefficient (Wildman–Crippen LogP) is 7.10. The molecule has 0 bridgehead atoms. The third-order valence-electron chi connectivity index (χ3n) is 4.33. The van der Waals surface area contributed by atoms with Crippen molar-refractivity contribution in [3.63, 3.8) is 0 Å². The molecule has 24 heavy (non-hydrogen) atoms. The van der Waals surface area contributed by atoms with Gasteiger partial charge in [-0.2, -0.15) is 0 Å². The topological polar surface area (TPSA) is 0 Å². The molecule has 0 aliphatic rings. The lowest BCUT2D eigenvalue weighted by Crippen LogP contribution is -2.16. The van der Waals surface area contributed by atoms with E-state index in [1.54, 1.807) is 0 Å². The summed E-state index contributed by atoms with van der Waals surface area (Å²) in [6.45, 7) is 17.4. The van der Waals surface area contributed by atoms with Crippen molar-refractivity contribution in [2.75, 3.05) is 0 Å². The highest BCUT2D eigenvalue weighted by atomic mass is 14.2. The molecule has 0 spiro atoms. The maximum absolute atomic E-state index is 3.80. The van der Waals surface area contributed by atoms with Gasteiger partial charge in [-0.15, -0.1) is 0 Å². The molecule has 0 atom stereocenters. The van der Waals surface area contributed by atoms with Crippen molar-refractivity contribution in [1.82, 2.24) is 0 Å². The Balaban J connectivity index is 2.41. The lowest BCUT2D eigenvalue weighted by Gasteiger charge is -2.25. The lowest BCUT2D eigenvalue weighted by molar-refractivity contribution is 0.568. The summed E-state index contributed by atoms with van der Waals surface area (Å²) in [6.07, 6.45) is 6.27. The highest BCUT2D eigenvalue weighted by Gasteiger charge is 2.19. The molecular weight excluding hydrogens is 288 g/mol. The zero-order valence-electron chi connectivity index (χ0n) is 16.0. The summed E-state index contributed by atoms with van der Waals surface area (Å²) in [5.41, 5.74) is 6.69. The molecule has 0 amide bonds. The van der Waals surface area contributed by atoms with Crippen molar-refractivity contribution >= 4 is 18.2 Å². The molecule has 0 heteroatoms. The number of hydrogen-bond donors (Lipinski definition) is 0. The van der Waals surface area contributed by atoms with E-state index >= 15 is 0 Å². The predicted molar refractivity (Wildman–Crippen MR) is 109 cm³/mol. The van der Waals surface area contributed by atoms with Crippen LogP contribution < -0.4 is 0 Å². The van der Waals surface area contributed by atoms with Gasteiger partial charge in [-0.1, -0.05) is 109 Å². The molecule has 2 aromatic carbocycles. The normalized spacial score (nSPS) is 12.6. The summed E-state index contributed by atoms with van der Waals surface area (Å²) in [7, 11) is 0. The van der Waals surface area contributed by atoms with Crippen molar-refractivity contribution in [1.29, 1.82) is 0 Å². The van der Waals surface area contributed by atoms with Gasteiger partial charge in [0, 0.05) is 0 Å². The Labute approximate surface area is 147 Å². The van der Waals surface area contributed by atoms with E-state index in [9.17, 15) is 0 Å². The Hall–Kier alpha value is -2.08. The quantitative estimate of drug-likeness (QED) is 0.530. The van der Waals surface area contributed by atoms with E-state index in [0.29, 0.717) is 0 Å². The molecule has 0 saturated carbocycles. The second-order valence-electron chi connectivity index (χ2n) is 8.55. The zero-order valence-corrected chi connectivity index (χ0v) is 16.0. The smallest absolute Gasteiger partial charge is 0.0132 e. The molecule has 2 aromatic rings. The van der Waals surface area contributed by atoms with Gasteiger partial charge in [-0.25, -0.2) is 0 Å². The van der Waals surface area contributed by atoms with Gasteiger partial charge in [0.15, 0.2) is 0 Å². The minimum absolute atomic E-state index is 0.148. The average molecular weight is 319 g/mol. The fourth-order valence-electron chi connectivity index (χ4n) is 2.55. The maximum atomic E-state index is 3.80. The summed E-state index contributed by atoms with van der Waals surface area (Å²) < 4.78 is 0. The minimum Gasteiger partial charge on any atom is -0.0985 e. The van der Waals surface area contributed by atoms with Crippen molar-refractivity contribution in [2.45, 2.75) is 52.4 Å². The SMILES string of the molecule is C=Cc1ccc(C=Cc2cc(C(C)(C)C)cc(C(C)(C)C)c2)cc1. The number of rotatable bonds is 3. The number of hydrogen-bond acceptors (Lipinski definition) is 0. The van der Waals surface area contributed by atoms with Crippen LogP contribution in [-0.2, 0) is 10.8 Å². The molecule has 0 saturated heterocycles. The van der Waals surface area contributed by atoms with Crippen LogP contribution in [0.5, 0.6) is 0 Å². The van der Waals surface area contributed by atoms with Gasteiger partial charge in [0.1, 0.15) is 0 Å². The zero-order chi connectivity index (χ0) is 18.0. The van der Waals surface area contributed by atoms with Crippen LogP contribution in [0.2, 0.25) is 0 Å². The van der Waals surface area contributed by atoms with Crippen LogP contribution >= 0.6 is 0 Å². The van der Waals surface area contributed by atoms with Crippen LogP contribution in [0, 0.1) is 0 Å². The van der Waals surface area contributed by atoms with E-state index in [2.05, 4.69) is 103 Å². The van der Waals surface area contributed by atoms with Gasteiger partial charge in [0.2, 0.25) is 0 Å². The molecule has 0 radical (unpaired) electrons. The van der Waals surface area contributed by atoms with E-state index in [1.807, 2.05) is 6.08 Å². The first-order valence-electron chi connectivity index (χ1n) is 8.66.